The molecule has 22 heavy (non-hydrogen) atoms. The summed E-state index contributed by atoms with van der Waals surface area (Å²) < 4.78 is 12.1. The molecule has 0 atom stereocenters. The van der Waals surface area contributed by atoms with Crippen LogP contribution in [0.4, 0.5) is 4.79 Å². The number of carbonyl (C=O) groups is 1. The van der Waals surface area contributed by atoms with Gasteiger partial charge in [0.25, 0.3) is 0 Å². The van der Waals surface area contributed by atoms with Gasteiger partial charge in [0.05, 0.1) is 11.2 Å². The standard InChI is InChI=1S/C16H22BNO4/c1-15(2)16(3,4)22-17(21-15)13-7-5-6-11(8-13)12-9-18(10-12)14(19)20/h5-8,12H,9-10H2,1-4H3,(H,19,20). The number of hydrogen-bond acceptors (Lipinski definition) is 3. The third-order valence-electron chi connectivity index (χ3n) is 5.06. The molecule has 0 unspecified atom stereocenters. The quantitative estimate of drug-likeness (QED) is 0.850. The first-order valence-electron chi connectivity index (χ1n) is 7.63. The second-order valence-corrected chi connectivity index (χ2v) is 7.14. The third kappa shape index (κ3) is 2.50. The molecule has 0 saturated carbocycles. The molecule has 6 heteroatoms. The molecule has 2 fully saturated rings. The van der Waals surface area contributed by atoms with Crippen LogP contribution in [-0.2, 0) is 9.31 Å². The van der Waals surface area contributed by atoms with Crippen LogP contribution < -0.4 is 5.46 Å². The van der Waals surface area contributed by atoms with Crippen molar-refractivity contribution in [3.8, 4) is 0 Å². The number of likely N-dealkylation sites (tertiary alicyclic amines) is 1. The van der Waals surface area contributed by atoms with Gasteiger partial charge in [0.1, 0.15) is 0 Å². The van der Waals surface area contributed by atoms with Gasteiger partial charge in [-0.3, -0.25) is 0 Å². The molecule has 2 aliphatic rings. The van der Waals surface area contributed by atoms with Gasteiger partial charge in [0, 0.05) is 19.0 Å². The van der Waals surface area contributed by atoms with Crippen molar-refractivity contribution in [2.45, 2.75) is 44.8 Å². The largest absolute Gasteiger partial charge is 0.494 e. The topological polar surface area (TPSA) is 59.0 Å². The average molecular weight is 303 g/mol. The van der Waals surface area contributed by atoms with Crippen LogP contribution >= 0.6 is 0 Å². The van der Waals surface area contributed by atoms with E-state index in [0.29, 0.717) is 13.1 Å². The van der Waals surface area contributed by atoms with Crippen molar-refractivity contribution in [1.29, 1.82) is 0 Å². The van der Waals surface area contributed by atoms with Crippen LogP contribution in [0.1, 0.15) is 39.2 Å². The minimum Gasteiger partial charge on any atom is -0.465 e. The summed E-state index contributed by atoms with van der Waals surface area (Å²) in [6, 6.07) is 8.10. The van der Waals surface area contributed by atoms with Crippen molar-refractivity contribution >= 4 is 18.7 Å². The number of hydrogen-bond donors (Lipinski definition) is 1. The maximum absolute atomic E-state index is 10.9. The Labute approximate surface area is 131 Å². The van der Waals surface area contributed by atoms with E-state index >= 15 is 0 Å². The summed E-state index contributed by atoms with van der Waals surface area (Å²) >= 11 is 0. The van der Waals surface area contributed by atoms with Crippen LogP contribution in [0.25, 0.3) is 0 Å². The monoisotopic (exact) mass is 303 g/mol. The van der Waals surface area contributed by atoms with Gasteiger partial charge in [-0.2, -0.15) is 0 Å². The molecule has 2 aliphatic heterocycles. The van der Waals surface area contributed by atoms with Crippen molar-refractivity contribution in [3.63, 3.8) is 0 Å². The van der Waals surface area contributed by atoms with E-state index in [1.165, 1.54) is 4.90 Å². The van der Waals surface area contributed by atoms with Gasteiger partial charge in [-0.15, -0.1) is 0 Å². The zero-order chi connectivity index (χ0) is 16.1. The molecule has 0 aliphatic carbocycles. The highest BCUT2D eigenvalue weighted by atomic mass is 16.7. The van der Waals surface area contributed by atoms with E-state index in [2.05, 4.69) is 6.07 Å². The zero-order valence-electron chi connectivity index (χ0n) is 13.5. The average Bonchev–Trinajstić information content (AvgIpc) is 2.56. The molecular formula is C16H22BNO4. The van der Waals surface area contributed by atoms with Crippen LogP contribution in [0.5, 0.6) is 0 Å². The number of benzene rings is 1. The lowest BCUT2D eigenvalue weighted by Gasteiger charge is -2.37. The van der Waals surface area contributed by atoms with E-state index < -0.39 is 6.09 Å². The van der Waals surface area contributed by atoms with Crippen LogP contribution in [0.15, 0.2) is 24.3 Å². The number of rotatable bonds is 2. The third-order valence-corrected chi connectivity index (χ3v) is 5.06. The summed E-state index contributed by atoms with van der Waals surface area (Å²) in [6.45, 7) is 9.26. The molecule has 1 N–H and O–H groups in total. The van der Waals surface area contributed by atoms with E-state index in [1.54, 1.807) is 0 Å². The first kappa shape index (κ1) is 15.4. The van der Waals surface area contributed by atoms with Crippen molar-refractivity contribution in [2.75, 3.05) is 13.1 Å². The Kier molecular flexibility index (Phi) is 3.49. The van der Waals surface area contributed by atoms with Gasteiger partial charge < -0.3 is 19.3 Å². The zero-order valence-corrected chi connectivity index (χ0v) is 13.5. The lowest BCUT2D eigenvalue weighted by molar-refractivity contribution is 0.00578. The minimum atomic E-state index is -0.849. The van der Waals surface area contributed by atoms with Crippen molar-refractivity contribution in [3.05, 3.63) is 29.8 Å². The van der Waals surface area contributed by atoms with Gasteiger partial charge >= 0.3 is 13.2 Å². The molecule has 0 bridgehead atoms. The molecular weight excluding hydrogens is 281 g/mol. The normalized spacial score (nSPS) is 23.5. The molecule has 5 nitrogen and oxygen atoms in total. The maximum Gasteiger partial charge on any atom is 0.494 e. The van der Waals surface area contributed by atoms with Crippen LogP contribution in [0.3, 0.4) is 0 Å². The molecule has 1 aromatic rings. The van der Waals surface area contributed by atoms with E-state index in [9.17, 15) is 4.79 Å². The predicted molar refractivity (Wildman–Crippen MR) is 84.5 cm³/mol. The summed E-state index contributed by atoms with van der Waals surface area (Å²) in [4.78, 5) is 12.3. The molecule has 2 saturated heterocycles. The van der Waals surface area contributed by atoms with Gasteiger partial charge in [-0.1, -0.05) is 24.3 Å². The Bertz CT molecular complexity index is 580. The van der Waals surface area contributed by atoms with Gasteiger partial charge in [0.15, 0.2) is 0 Å². The Morgan fingerprint density at radius 3 is 2.36 bits per heavy atom. The maximum atomic E-state index is 10.9. The molecule has 0 aromatic heterocycles. The second-order valence-electron chi connectivity index (χ2n) is 7.14. The van der Waals surface area contributed by atoms with E-state index in [1.807, 2.05) is 45.9 Å². The molecule has 2 heterocycles. The number of amides is 1. The lowest BCUT2D eigenvalue weighted by Crippen LogP contribution is -2.48. The molecule has 118 valence electrons. The Morgan fingerprint density at radius 1 is 1.23 bits per heavy atom. The molecule has 0 radical (unpaired) electrons. The van der Waals surface area contributed by atoms with E-state index in [4.69, 9.17) is 14.4 Å². The highest BCUT2D eigenvalue weighted by Crippen LogP contribution is 2.36. The number of nitrogens with zero attached hydrogens (tertiary/aromatic N) is 1. The second kappa shape index (κ2) is 5.00. The first-order valence-corrected chi connectivity index (χ1v) is 7.63. The van der Waals surface area contributed by atoms with Gasteiger partial charge in [-0.25, -0.2) is 4.79 Å². The summed E-state index contributed by atoms with van der Waals surface area (Å²) in [5, 5.41) is 8.93. The Morgan fingerprint density at radius 2 is 1.82 bits per heavy atom. The van der Waals surface area contributed by atoms with Crippen molar-refractivity contribution in [2.24, 2.45) is 0 Å². The fourth-order valence-corrected chi connectivity index (χ4v) is 2.78. The molecule has 0 spiro atoms. The van der Waals surface area contributed by atoms with Crippen LogP contribution in [-0.4, -0.2) is 47.5 Å². The Hall–Kier alpha value is -1.53. The number of carboxylic acid groups (broad SMARTS) is 1. The van der Waals surface area contributed by atoms with Gasteiger partial charge in [0.2, 0.25) is 0 Å². The minimum absolute atomic E-state index is 0.262. The van der Waals surface area contributed by atoms with Crippen LogP contribution in [0.2, 0.25) is 0 Å². The summed E-state index contributed by atoms with van der Waals surface area (Å²) in [7, 11) is -0.374. The summed E-state index contributed by atoms with van der Waals surface area (Å²) in [5.74, 6) is 0.262. The van der Waals surface area contributed by atoms with Gasteiger partial charge in [-0.05, 0) is 38.7 Å². The predicted octanol–water partition coefficient (Wildman–Crippen LogP) is 2.06. The van der Waals surface area contributed by atoms with Crippen molar-refractivity contribution < 1.29 is 19.2 Å². The van der Waals surface area contributed by atoms with Crippen LogP contribution in [0, 0.1) is 0 Å². The molecule has 3 rings (SSSR count). The summed E-state index contributed by atoms with van der Waals surface area (Å²) in [5.41, 5.74) is 1.42. The fraction of sp³-hybridized carbons (Fsp3) is 0.562. The smallest absolute Gasteiger partial charge is 0.465 e. The highest BCUT2D eigenvalue weighted by molar-refractivity contribution is 6.62. The SMILES string of the molecule is CC1(C)OB(c2cccc(C3CN(C(=O)O)C3)c2)OC1(C)C. The fourth-order valence-electron chi connectivity index (χ4n) is 2.78. The molecule has 1 amide bonds. The van der Waals surface area contributed by atoms with E-state index in [0.717, 1.165) is 11.0 Å². The van der Waals surface area contributed by atoms with Crippen molar-refractivity contribution in [1.82, 2.24) is 4.90 Å². The lowest BCUT2D eigenvalue weighted by atomic mass is 9.76. The van der Waals surface area contributed by atoms with E-state index in [-0.39, 0.29) is 24.2 Å². The highest BCUT2D eigenvalue weighted by Gasteiger charge is 2.51. The Balaban J connectivity index is 1.75. The molecule has 1 aromatic carbocycles. The first-order chi connectivity index (χ1) is 10.2. The summed E-state index contributed by atoms with van der Waals surface area (Å²) in [6.07, 6.45) is -0.849.